The fraction of sp³-hybridized carbons (Fsp3) is 0.385. The number of esters is 1. The molecule has 0 aliphatic carbocycles. The molecule has 0 saturated heterocycles. The van der Waals surface area contributed by atoms with Crippen LogP contribution in [0.15, 0.2) is 18.3 Å². The number of hydrogen-bond donors (Lipinski definition) is 1. The van der Waals surface area contributed by atoms with Crippen molar-refractivity contribution in [3.63, 3.8) is 0 Å². The first-order valence-corrected chi connectivity index (χ1v) is 6.53. The predicted octanol–water partition coefficient (Wildman–Crippen LogP) is 0.741. The van der Waals surface area contributed by atoms with Crippen molar-refractivity contribution in [2.45, 2.75) is 13.3 Å². The molecule has 1 heterocycles. The van der Waals surface area contributed by atoms with Crippen molar-refractivity contribution in [3.05, 3.63) is 29.6 Å². The summed E-state index contributed by atoms with van der Waals surface area (Å²) in [6.07, 6.45) is 1.61. The van der Waals surface area contributed by atoms with Crippen LogP contribution in [0.25, 0.3) is 0 Å². The molecule has 0 saturated carbocycles. The molecule has 1 aromatic heterocycles. The Labute approximate surface area is 122 Å². The van der Waals surface area contributed by atoms with Crippen molar-refractivity contribution < 1.29 is 14.3 Å². The zero-order chi connectivity index (χ0) is 15.1. The van der Waals surface area contributed by atoms with Crippen molar-refractivity contribution in [1.29, 1.82) is 0 Å². The lowest BCUT2D eigenvalue weighted by Crippen LogP contribution is -2.30. The number of nitrogens with zero attached hydrogens (tertiary/aromatic N) is 2. The van der Waals surface area contributed by atoms with Gasteiger partial charge in [0.05, 0.1) is 13.0 Å². The van der Waals surface area contributed by atoms with E-state index >= 15 is 0 Å². The van der Waals surface area contributed by atoms with E-state index in [-0.39, 0.29) is 35.5 Å². The Morgan fingerprint density at radius 1 is 1.45 bits per heavy atom. The number of nitrogens with two attached hydrogens (primary N) is 1. The van der Waals surface area contributed by atoms with Gasteiger partial charge in [-0.05, 0) is 19.1 Å². The molecule has 0 spiro atoms. The molecule has 6 nitrogen and oxygen atoms in total. The first kappa shape index (κ1) is 16.0. The van der Waals surface area contributed by atoms with E-state index in [1.807, 2.05) is 0 Å². The molecule has 1 aromatic rings. The van der Waals surface area contributed by atoms with Gasteiger partial charge in [0.15, 0.2) is 0 Å². The average molecular weight is 295 g/mol. The third-order valence-corrected chi connectivity index (χ3v) is 2.81. The van der Waals surface area contributed by atoms with E-state index in [1.54, 1.807) is 26.1 Å². The van der Waals surface area contributed by atoms with Crippen LogP contribution >= 0.6 is 12.2 Å². The van der Waals surface area contributed by atoms with Crippen LogP contribution in [0.2, 0.25) is 0 Å². The third-order valence-electron chi connectivity index (χ3n) is 2.57. The summed E-state index contributed by atoms with van der Waals surface area (Å²) in [6, 6.07) is 3.19. The Morgan fingerprint density at radius 2 is 2.15 bits per heavy atom. The van der Waals surface area contributed by atoms with Crippen LogP contribution in [0, 0.1) is 0 Å². The summed E-state index contributed by atoms with van der Waals surface area (Å²) in [5.41, 5.74) is 6.33. The summed E-state index contributed by atoms with van der Waals surface area (Å²) in [5.74, 6) is -0.604. The fourth-order valence-corrected chi connectivity index (χ4v) is 1.58. The van der Waals surface area contributed by atoms with E-state index in [2.05, 4.69) is 4.98 Å². The zero-order valence-corrected chi connectivity index (χ0v) is 12.3. The van der Waals surface area contributed by atoms with Gasteiger partial charge in [-0.15, -0.1) is 0 Å². The summed E-state index contributed by atoms with van der Waals surface area (Å²) in [7, 11) is 1.60. The lowest BCUT2D eigenvalue weighted by molar-refractivity contribution is -0.143. The molecule has 0 unspecified atom stereocenters. The summed E-state index contributed by atoms with van der Waals surface area (Å²) in [4.78, 5) is 28.9. The Kier molecular flexibility index (Phi) is 6.05. The van der Waals surface area contributed by atoms with Crippen LogP contribution in [0.5, 0.6) is 0 Å². The minimum atomic E-state index is -0.330. The fourth-order valence-electron chi connectivity index (χ4n) is 1.46. The number of carbonyl (C=O) groups excluding carboxylic acids is 2. The molecule has 0 aromatic carbocycles. The number of carbonyl (C=O) groups is 2. The van der Waals surface area contributed by atoms with Crippen LogP contribution < -0.4 is 5.73 Å². The van der Waals surface area contributed by atoms with Crippen molar-refractivity contribution >= 4 is 29.1 Å². The highest BCUT2D eigenvalue weighted by Crippen LogP contribution is 2.04. The van der Waals surface area contributed by atoms with Crippen LogP contribution in [0.1, 0.15) is 29.4 Å². The highest BCUT2D eigenvalue weighted by molar-refractivity contribution is 7.80. The van der Waals surface area contributed by atoms with Crippen LogP contribution in [0.4, 0.5) is 0 Å². The largest absolute Gasteiger partial charge is 0.466 e. The predicted molar refractivity (Wildman–Crippen MR) is 78.3 cm³/mol. The standard InChI is InChI=1S/C13H17N3O3S/c1-3-19-11(17)6-7-16(2)13(18)10-5-4-9(8-15-10)12(14)20/h4-5,8H,3,6-7H2,1-2H3,(H2,14,20). The number of ether oxygens (including phenoxy) is 1. The molecule has 108 valence electrons. The summed E-state index contributed by atoms with van der Waals surface area (Å²) < 4.78 is 4.80. The average Bonchev–Trinajstić information content (AvgIpc) is 2.44. The van der Waals surface area contributed by atoms with Gasteiger partial charge in [-0.2, -0.15) is 0 Å². The Morgan fingerprint density at radius 3 is 2.65 bits per heavy atom. The molecule has 1 amide bonds. The van der Waals surface area contributed by atoms with Crippen LogP contribution in [-0.2, 0) is 9.53 Å². The molecule has 2 N–H and O–H groups in total. The topological polar surface area (TPSA) is 85.5 Å². The smallest absolute Gasteiger partial charge is 0.307 e. The monoisotopic (exact) mass is 295 g/mol. The third kappa shape index (κ3) is 4.58. The molecule has 1 rings (SSSR count). The summed E-state index contributed by atoms with van der Waals surface area (Å²) in [5, 5.41) is 0. The van der Waals surface area contributed by atoms with E-state index < -0.39 is 0 Å². The van der Waals surface area contributed by atoms with Gasteiger partial charge >= 0.3 is 5.97 Å². The Balaban J connectivity index is 2.60. The van der Waals surface area contributed by atoms with Crippen molar-refractivity contribution in [1.82, 2.24) is 9.88 Å². The molecule has 0 aliphatic rings. The molecule has 7 heteroatoms. The normalized spacial score (nSPS) is 9.90. The Bertz CT molecular complexity index is 502. The molecule has 0 bridgehead atoms. The van der Waals surface area contributed by atoms with Gasteiger partial charge in [-0.1, -0.05) is 12.2 Å². The molecule has 0 fully saturated rings. The van der Waals surface area contributed by atoms with E-state index in [0.717, 1.165) is 0 Å². The van der Waals surface area contributed by atoms with Gasteiger partial charge in [0.1, 0.15) is 10.7 Å². The van der Waals surface area contributed by atoms with Gasteiger partial charge < -0.3 is 15.4 Å². The molecular weight excluding hydrogens is 278 g/mol. The highest BCUT2D eigenvalue weighted by Gasteiger charge is 2.14. The number of aromatic nitrogens is 1. The number of hydrogen-bond acceptors (Lipinski definition) is 5. The number of rotatable bonds is 6. The first-order chi connectivity index (χ1) is 9.45. The van der Waals surface area contributed by atoms with Crippen molar-refractivity contribution in [2.75, 3.05) is 20.2 Å². The second-order valence-electron chi connectivity index (χ2n) is 4.08. The zero-order valence-electron chi connectivity index (χ0n) is 11.5. The van der Waals surface area contributed by atoms with Gasteiger partial charge in [0, 0.05) is 25.4 Å². The van der Waals surface area contributed by atoms with Gasteiger partial charge in [-0.25, -0.2) is 0 Å². The van der Waals surface area contributed by atoms with Crippen LogP contribution in [-0.4, -0.2) is 46.9 Å². The van der Waals surface area contributed by atoms with Gasteiger partial charge in [-0.3, -0.25) is 14.6 Å². The van der Waals surface area contributed by atoms with E-state index in [4.69, 9.17) is 22.7 Å². The minimum Gasteiger partial charge on any atom is -0.466 e. The number of thiocarbonyl (C=S) groups is 1. The summed E-state index contributed by atoms with van der Waals surface area (Å²) in [6.45, 7) is 2.34. The van der Waals surface area contributed by atoms with Crippen LogP contribution in [0.3, 0.4) is 0 Å². The highest BCUT2D eigenvalue weighted by atomic mass is 32.1. The molecule has 0 radical (unpaired) electrons. The first-order valence-electron chi connectivity index (χ1n) is 6.12. The maximum Gasteiger partial charge on any atom is 0.307 e. The van der Waals surface area contributed by atoms with Crippen molar-refractivity contribution in [2.24, 2.45) is 5.73 Å². The minimum absolute atomic E-state index is 0.154. The number of amides is 1. The molecule has 0 atom stereocenters. The second-order valence-corrected chi connectivity index (χ2v) is 4.52. The van der Waals surface area contributed by atoms with E-state index in [9.17, 15) is 9.59 Å². The Hall–Kier alpha value is -2.02. The lowest BCUT2D eigenvalue weighted by Gasteiger charge is -2.16. The maximum absolute atomic E-state index is 12.0. The van der Waals surface area contributed by atoms with Gasteiger partial charge in [0.2, 0.25) is 0 Å². The van der Waals surface area contributed by atoms with E-state index in [0.29, 0.717) is 12.2 Å². The van der Waals surface area contributed by atoms with Gasteiger partial charge in [0.25, 0.3) is 5.91 Å². The molecular formula is C13H17N3O3S. The number of pyridine rings is 1. The molecule has 20 heavy (non-hydrogen) atoms. The lowest BCUT2D eigenvalue weighted by atomic mass is 10.2. The van der Waals surface area contributed by atoms with Crippen molar-refractivity contribution in [3.8, 4) is 0 Å². The second kappa shape index (κ2) is 7.54. The van der Waals surface area contributed by atoms with E-state index in [1.165, 1.54) is 11.1 Å². The SMILES string of the molecule is CCOC(=O)CCN(C)C(=O)c1ccc(C(N)=S)cn1. The maximum atomic E-state index is 12.0. The summed E-state index contributed by atoms with van der Waals surface area (Å²) >= 11 is 4.81. The molecule has 0 aliphatic heterocycles. The quantitative estimate of drug-likeness (QED) is 0.615.